The number of nitrogens with zero attached hydrogens (tertiary/aromatic N) is 4. The van der Waals surface area contributed by atoms with Gasteiger partial charge in [0.15, 0.2) is 5.65 Å². The third-order valence-corrected chi connectivity index (χ3v) is 5.08. The van der Waals surface area contributed by atoms with E-state index in [1.165, 1.54) is 37.5 Å². The number of amides is 1. The molecule has 6 nitrogen and oxygen atoms in total. The fraction of sp³-hybridized carbons (Fsp3) is 0.500. The Labute approximate surface area is 153 Å². The molecule has 0 bridgehead atoms. The van der Waals surface area contributed by atoms with Crippen LogP contribution in [0.2, 0.25) is 0 Å². The Morgan fingerprint density at radius 1 is 1.35 bits per heavy atom. The summed E-state index contributed by atoms with van der Waals surface area (Å²) in [4.78, 5) is 16.7. The van der Waals surface area contributed by atoms with Crippen LogP contribution in [0.15, 0.2) is 17.8 Å². The van der Waals surface area contributed by atoms with Crippen molar-refractivity contribution in [2.24, 2.45) is 0 Å². The predicted octanol–water partition coefficient (Wildman–Crippen LogP) is 3.16. The first kappa shape index (κ1) is 18.1. The van der Waals surface area contributed by atoms with Crippen molar-refractivity contribution in [3.63, 3.8) is 0 Å². The van der Waals surface area contributed by atoms with E-state index in [0.29, 0.717) is 30.6 Å². The monoisotopic (exact) mass is 351 g/mol. The highest BCUT2D eigenvalue weighted by Crippen LogP contribution is 2.20. The molecule has 1 amide bonds. The van der Waals surface area contributed by atoms with Crippen LogP contribution in [0.25, 0.3) is 5.65 Å². The molecule has 1 aliphatic carbocycles. The summed E-state index contributed by atoms with van der Waals surface area (Å²) in [7, 11) is 0. The van der Waals surface area contributed by atoms with Crippen molar-refractivity contribution in [3.8, 4) is 6.07 Å². The third-order valence-electron chi connectivity index (χ3n) is 5.08. The first-order valence-corrected chi connectivity index (χ1v) is 9.28. The minimum Gasteiger partial charge on any atom is -0.356 e. The van der Waals surface area contributed by atoms with Gasteiger partial charge in [-0.2, -0.15) is 10.4 Å². The van der Waals surface area contributed by atoms with E-state index in [2.05, 4.69) is 27.5 Å². The molecule has 2 heterocycles. The summed E-state index contributed by atoms with van der Waals surface area (Å²) < 4.78 is 1.69. The van der Waals surface area contributed by atoms with Crippen LogP contribution in [0.4, 0.5) is 0 Å². The number of carbonyl (C=O) groups excluding carboxylic acids is 1. The number of allylic oxidation sites excluding steroid dienone is 1. The maximum atomic E-state index is 12.2. The number of fused-ring (bicyclic) bond motifs is 1. The molecule has 2 aromatic heterocycles. The summed E-state index contributed by atoms with van der Waals surface area (Å²) in [5.41, 5.74) is 5.34. The predicted molar refractivity (Wildman–Crippen MR) is 99.7 cm³/mol. The van der Waals surface area contributed by atoms with E-state index in [1.807, 2.05) is 13.8 Å². The van der Waals surface area contributed by atoms with Crippen molar-refractivity contribution >= 4 is 11.6 Å². The van der Waals surface area contributed by atoms with Gasteiger partial charge in [-0.3, -0.25) is 4.79 Å². The molecule has 1 N–H and O–H groups in total. The van der Waals surface area contributed by atoms with Gasteiger partial charge in [0.05, 0.1) is 6.20 Å². The summed E-state index contributed by atoms with van der Waals surface area (Å²) in [6.45, 7) is 4.59. The molecule has 0 radical (unpaired) electrons. The molecule has 0 fully saturated rings. The molecule has 0 atom stereocenters. The lowest BCUT2D eigenvalue weighted by atomic mass is 9.97. The Hall–Kier alpha value is -2.68. The zero-order valence-electron chi connectivity index (χ0n) is 15.5. The van der Waals surface area contributed by atoms with Gasteiger partial charge in [0, 0.05) is 24.4 Å². The molecule has 0 saturated heterocycles. The molecule has 0 aliphatic heterocycles. The molecule has 1 aliphatic rings. The Balaban J connectivity index is 1.58. The van der Waals surface area contributed by atoms with Gasteiger partial charge in [-0.15, -0.1) is 0 Å². The van der Waals surface area contributed by atoms with Gasteiger partial charge in [0.25, 0.3) is 0 Å². The molecule has 0 spiro atoms. The van der Waals surface area contributed by atoms with Gasteiger partial charge in [-0.25, -0.2) is 9.50 Å². The normalized spacial score (nSPS) is 14.1. The standard InChI is InChI=1S/C20H25N5O/c1-14-18(15(2)25-20(24-14)17(12-21)13-23-25)8-9-19(26)22-11-10-16-6-4-3-5-7-16/h6,13H,3-5,7-11H2,1-2H3,(H,22,26). The van der Waals surface area contributed by atoms with E-state index in [-0.39, 0.29) is 5.91 Å². The summed E-state index contributed by atoms with van der Waals surface area (Å²) in [5, 5.41) is 16.4. The summed E-state index contributed by atoms with van der Waals surface area (Å²) in [6, 6.07) is 2.11. The van der Waals surface area contributed by atoms with Crippen LogP contribution in [0.1, 0.15) is 61.0 Å². The highest BCUT2D eigenvalue weighted by molar-refractivity contribution is 5.76. The van der Waals surface area contributed by atoms with E-state index in [0.717, 1.165) is 23.4 Å². The van der Waals surface area contributed by atoms with Crippen LogP contribution < -0.4 is 5.32 Å². The molecule has 3 rings (SSSR count). The summed E-state index contributed by atoms with van der Waals surface area (Å²) in [5.74, 6) is 0.0680. The number of aromatic nitrogens is 3. The minimum atomic E-state index is 0.0680. The molecule has 0 unspecified atom stereocenters. The maximum absolute atomic E-state index is 12.2. The summed E-state index contributed by atoms with van der Waals surface area (Å²) in [6.07, 6.45) is 10.8. The Kier molecular flexibility index (Phi) is 5.67. The first-order chi connectivity index (χ1) is 12.6. The molecule has 136 valence electrons. The SMILES string of the molecule is Cc1nc2c(C#N)cnn2c(C)c1CCC(=O)NCCC1=CCCCC1. The van der Waals surface area contributed by atoms with Crippen LogP contribution >= 0.6 is 0 Å². The molecule has 0 aromatic carbocycles. The summed E-state index contributed by atoms with van der Waals surface area (Å²) >= 11 is 0. The lowest BCUT2D eigenvalue weighted by molar-refractivity contribution is -0.121. The van der Waals surface area contributed by atoms with Crippen LogP contribution in [-0.4, -0.2) is 27.0 Å². The van der Waals surface area contributed by atoms with Gasteiger partial charge in [0.2, 0.25) is 5.91 Å². The van der Waals surface area contributed by atoms with E-state index in [9.17, 15) is 4.79 Å². The van der Waals surface area contributed by atoms with Crippen molar-refractivity contribution in [1.82, 2.24) is 19.9 Å². The van der Waals surface area contributed by atoms with Crippen molar-refractivity contribution in [3.05, 3.63) is 40.4 Å². The number of carbonyl (C=O) groups is 1. The van der Waals surface area contributed by atoms with Crippen molar-refractivity contribution in [1.29, 1.82) is 5.26 Å². The second kappa shape index (κ2) is 8.13. The molecule has 6 heteroatoms. The van der Waals surface area contributed by atoms with Gasteiger partial charge >= 0.3 is 0 Å². The Bertz CT molecular complexity index is 888. The molecular formula is C20H25N5O. The molecule has 0 saturated carbocycles. The van der Waals surface area contributed by atoms with Crippen LogP contribution in [-0.2, 0) is 11.2 Å². The second-order valence-corrected chi connectivity index (χ2v) is 6.87. The number of nitrogens with one attached hydrogen (secondary N) is 1. The zero-order chi connectivity index (χ0) is 18.5. The van der Waals surface area contributed by atoms with E-state index < -0.39 is 0 Å². The minimum absolute atomic E-state index is 0.0680. The van der Waals surface area contributed by atoms with Gasteiger partial charge in [0.1, 0.15) is 11.6 Å². The second-order valence-electron chi connectivity index (χ2n) is 6.87. The maximum Gasteiger partial charge on any atom is 0.220 e. The Morgan fingerprint density at radius 2 is 2.19 bits per heavy atom. The van der Waals surface area contributed by atoms with E-state index >= 15 is 0 Å². The van der Waals surface area contributed by atoms with Crippen molar-refractivity contribution < 1.29 is 4.79 Å². The highest BCUT2D eigenvalue weighted by atomic mass is 16.1. The number of nitriles is 1. The highest BCUT2D eigenvalue weighted by Gasteiger charge is 2.14. The van der Waals surface area contributed by atoms with E-state index in [4.69, 9.17) is 5.26 Å². The average Bonchev–Trinajstić information content (AvgIpc) is 3.05. The number of rotatable bonds is 6. The van der Waals surface area contributed by atoms with Crippen LogP contribution in [0.3, 0.4) is 0 Å². The van der Waals surface area contributed by atoms with Crippen molar-refractivity contribution in [2.45, 2.75) is 58.8 Å². The first-order valence-electron chi connectivity index (χ1n) is 9.28. The Morgan fingerprint density at radius 3 is 2.92 bits per heavy atom. The third kappa shape index (κ3) is 3.93. The topological polar surface area (TPSA) is 83.1 Å². The number of hydrogen-bond donors (Lipinski definition) is 1. The van der Waals surface area contributed by atoms with Gasteiger partial charge in [-0.1, -0.05) is 11.6 Å². The van der Waals surface area contributed by atoms with Gasteiger partial charge < -0.3 is 5.32 Å². The average molecular weight is 351 g/mol. The number of hydrogen-bond acceptors (Lipinski definition) is 4. The number of aryl methyl sites for hydroxylation is 2. The zero-order valence-corrected chi connectivity index (χ0v) is 15.5. The molecule has 2 aromatic rings. The van der Waals surface area contributed by atoms with Crippen LogP contribution in [0.5, 0.6) is 0 Å². The molecule has 26 heavy (non-hydrogen) atoms. The fourth-order valence-electron chi connectivity index (χ4n) is 3.57. The van der Waals surface area contributed by atoms with Crippen LogP contribution in [0, 0.1) is 25.2 Å². The largest absolute Gasteiger partial charge is 0.356 e. The van der Waals surface area contributed by atoms with Gasteiger partial charge in [-0.05, 0) is 57.9 Å². The quantitative estimate of drug-likeness (QED) is 0.810. The molecular weight excluding hydrogens is 326 g/mol. The lowest BCUT2D eigenvalue weighted by Crippen LogP contribution is -2.25. The lowest BCUT2D eigenvalue weighted by Gasteiger charge is -2.13. The fourth-order valence-corrected chi connectivity index (χ4v) is 3.57. The van der Waals surface area contributed by atoms with E-state index in [1.54, 1.807) is 4.52 Å². The van der Waals surface area contributed by atoms with Crippen molar-refractivity contribution in [2.75, 3.05) is 6.54 Å². The smallest absolute Gasteiger partial charge is 0.220 e.